The standard InChI is InChI=1S/C20H33N5O3S/c1-3-29(26,27)25-10-9-18-17(15-25)19(24-11-13-28-14-12-24)22-20(21-18)23(2)16-7-5-4-6-8-16/h16H,3-15H2,1-2H3. The third-order valence-corrected chi connectivity index (χ3v) is 8.33. The van der Waals surface area contributed by atoms with E-state index in [1.54, 1.807) is 11.2 Å². The number of sulfonamides is 1. The van der Waals surface area contributed by atoms with Crippen LogP contribution in [0.15, 0.2) is 0 Å². The van der Waals surface area contributed by atoms with Gasteiger partial charge in [0.1, 0.15) is 5.82 Å². The fraction of sp³-hybridized carbons (Fsp3) is 0.800. The van der Waals surface area contributed by atoms with E-state index in [1.807, 2.05) is 0 Å². The van der Waals surface area contributed by atoms with Gasteiger partial charge in [0.25, 0.3) is 0 Å². The molecule has 0 unspecified atom stereocenters. The first kappa shape index (κ1) is 20.8. The van der Waals surface area contributed by atoms with Gasteiger partial charge in [0.2, 0.25) is 16.0 Å². The lowest BCUT2D eigenvalue weighted by atomic mass is 9.95. The van der Waals surface area contributed by atoms with Gasteiger partial charge < -0.3 is 14.5 Å². The predicted octanol–water partition coefficient (Wildman–Crippen LogP) is 1.79. The Morgan fingerprint density at radius 1 is 1.10 bits per heavy atom. The maximum atomic E-state index is 12.5. The number of anilines is 2. The Hall–Kier alpha value is -1.45. The van der Waals surface area contributed by atoms with E-state index in [9.17, 15) is 8.42 Å². The van der Waals surface area contributed by atoms with E-state index in [0.29, 0.717) is 38.8 Å². The van der Waals surface area contributed by atoms with Crippen molar-refractivity contribution >= 4 is 21.8 Å². The minimum atomic E-state index is -3.23. The maximum Gasteiger partial charge on any atom is 0.227 e. The largest absolute Gasteiger partial charge is 0.378 e. The van der Waals surface area contributed by atoms with Crippen LogP contribution in [0, 0.1) is 0 Å². The lowest BCUT2D eigenvalue weighted by Crippen LogP contribution is -2.42. The van der Waals surface area contributed by atoms with Crippen LogP contribution in [0.4, 0.5) is 11.8 Å². The molecule has 29 heavy (non-hydrogen) atoms. The number of hydrogen-bond donors (Lipinski definition) is 0. The average molecular weight is 424 g/mol. The molecule has 0 atom stereocenters. The summed E-state index contributed by atoms with van der Waals surface area (Å²) in [5, 5.41) is 0. The second kappa shape index (κ2) is 8.73. The molecule has 9 heteroatoms. The van der Waals surface area contributed by atoms with Crippen LogP contribution < -0.4 is 9.80 Å². The molecule has 0 aromatic carbocycles. The van der Waals surface area contributed by atoms with E-state index < -0.39 is 10.0 Å². The van der Waals surface area contributed by atoms with Crippen LogP contribution in [-0.4, -0.2) is 74.4 Å². The van der Waals surface area contributed by atoms with Gasteiger partial charge in [-0.05, 0) is 19.8 Å². The van der Waals surface area contributed by atoms with Gasteiger partial charge in [0.05, 0.1) is 24.7 Å². The number of rotatable bonds is 5. The zero-order valence-electron chi connectivity index (χ0n) is 17.6. The van der Waals surface area contributed by atoms with E-state index >= 15 is 0 Å². The van der Waals surface area contributed by atoms with Crippen LogP contribution in [0.2, 0.25) is 0 Å². The summed E-state index contributed by atoms with van der Waals surface area (Å²) in [6.45, 7) is 5.45. The molecule has 0 amide bonds. The summed E-state index contributed by atoms with van der Waals surface area (Å²) < 4.78 is 32.1. The lowest BCUT2D eigenvalue weighted by Gasteiger charge is -2.36. The molecule has 1 aromatic heterocycles. The van der Waals surface area contributed by atoms with Gasteiger partial charge in [0, 0.05) is 51.3 Å². The van der Waals surface area contributed by atoms with Crippen molar-refractivity contribution in [3.8, 4) is 0 Å². The van der Waals surface area contributed by atoms with Crippen molar-refractivity contribution in [2.24, 2.45) is 0 Å². The van der Waals surface area contributed by atoms with Crippen LogP contribution >= 0.6 is 0 Å². The Kier molecular flexibility index (Phi) is 6.27. The molecule has 3 aliphatic rings. The van der Waals surface area contributed by atoms with Gasteiger partial charge >= 0.3 is 0 Å². The molecule has 2 aliphatic heterocycles. The highest BCUT2D eigenvalue weighted by Crippen LogP contribution is 2.32. The fourth-order valence-electron chi connectivity index (χ4n) is 4.61. The van der Waals surface area contributed by atoms with Crippen molar-refractivity contribution in [3.63, 3.8) is 0 Å². The molecule has 0 radical (unpaired) electrons. The molecule has 0 N–H and O–H groups in total. The first-order valence-corrected chi connectivity index (χ1v) is 12.5. The molecule has 1 saturated heterocycles. The summed E-state index contributed by atoms with van der Waals surface area (Å²) in [7, 11) is -1.12. The number of fused-ring (bicyclic) bond motifs is 1. The Morgan fingerprint density at radius 3 is 2.52 bits per heavy atom. The molecular formula is C20H33N5O3S. The second-order valence-corrected chi connectivity index (χ2v) is 10.5. The summed E-state index contributed by atoms with van der Waals surface area (Å²) in [6, 6.07) is 0.486. The smallest absolute Gasteiger partial charge is 0.227 e. The fourth-order valence-corrected chi connectivity index (χ4v) is 5.67. The molecule has 2 fully saturated rings. The molecule has 0 spiro atoms. The van der Waals surface area contributed by atoms with E-state index in [-0.39, 0.29) is 5.75 Å². The molecule has 0 bridgehead atoms. The molecule has 1 saturated carbocycles. The number of morpholine rings is 1. The molecule has 1 aromatic rings. The van der Waals surface area contributed by atoms with Crippen molar-refractivity contribution in [2.75, 3.05) is 55.4 Å². The van der Waals surface area contributed by atoms with Gasteiger partial charge in [-0.1, -0.05) is 19.3 Å². The van der Waals surface area contributed by atoms with Crippen molar-refractivity contribution < 1.29 is 13.2 Å². The van der Waals surface area contributed by atoms with Gasteiger partial charge in [-0.25, -0.2) is 13.4 Å². The summed E-state index contributed by atoms with van der Waals surface area (Å²) in [5.41, 5.74) is 1.97. The second-order valence-electron chi connectivity index (χ2n) is 8.26. The number of hydrogen-bond acceptors (Lipinski definition) is 7. The van der Waals surface area contributed by atoms with Crippen LogP contribution in [0.1, 0.15) is 50.3 Å². The van der Waals surface area contributed by atoms with E-state index in [4.69, 9.17) is 14.7 Å². The van der Waals surface area contributed by atoms with Crippen molar-refractivity contribution in [3.05, 3.63) is 11.3 Å². The highest BCUT2D eigenvalue weighted by atomic mass is 32.2. The number of aromatic nitrogens is 2. The first-order chi connectivity index (χ1) is 14.0. The van der Waals surface area contributed by atoms with Crippen LogP contribution in [0.25, 0.3) is 0 Å². The zero-order valence-corrected chi connectivity index (χ0v) is 18.5. The Morgan fingerprint density at radius 2 is 1.83 bits per heavy atom. The summed E-state index contributed by atoms with van der Waals surface area (Å²) in [6.07, 6.45) is 6.86. The average Bonchev–Trinajstić information content (AvgIpc) is 2.78. The highest BCUT2D eigenvalue weighted by molar-refractivity contribution is 7.89. The Bertz CT molecular complexity index is 820. The van der Waals surface area contributed by atoms with Crippen LogP contribution in [-0.2, 0) is 27.7 Å². The van der Waals surface area contributed by atoms with Gasteiger partial charge in [-0.2, -0.15) is 9.29 Å². The molecular weight excluding hydrogens is 390 g/mol. The van der Waals surface area contributed by atoms with Gasteiger partial charge in [0.15, 0.2) is 0 Å². The zero-order chi connectivity index (χ0) is 20.4. The van der Waals surface area contributed by atoms with Gasteiger partial charge in [-0.3, -0.25) is 0 Å². The SMILES string of the molecule is CCS(=O)(=O)N1CCc2nc(N(C)C3CCCCC3)nc(N3CCOCC3)c2C1. The third kappa shape index (κ3) is 4.36. The number of ether oxygens (including phenoxy) is 1. The van der Waals surface area contributed by atoms with Crippen LogP contribution in [0.3, 0.4) is 0 Å². The Labute approximate surface area is 174 Å². The molecule has 162 valence electrons. The van der Waals surface area contributed by atoms with Gasteiger partial charge in [-0.15, -0.1) is 0 Å². The highest BCUT2D eigenvalue weighted by Gasteiger charge is 2.32. The van der Waals surface area contributed by atoms with Crippen molar-refractivity contribution in [1.82, 2.24) is 14.3 Å². The van der Waals surface area contributed by atoms with Crippen molar-refractivity contribution in [1.29, 1.82) is 0 Å². The topological polar surface area (TPSA) is 78.9 Å². The summed E-state index contributed by atoms with van der Waals surface area (Å²) in [5.74, 6) is 1.80. The number of nitrogens with zero attached hydrogens (tertiary/aromatic N) is 5. The third-order valence-electron chi connectivity index (χ3n) is 6.50. The van der Waals surface area contributed by atoms with Crippen LogP contribution in [0.5, 0.6) is 0 Å². The molecule has 1 aliphatic carbocycles. The van der Waals surface area contributed by atoms with E-state index in [0.717, 1.165) is 36.1 Å². The Balaban J connectivity index is 1.69. The first-order valence-electron chi connectivity index (χ1n) is 10.9. The lowest BCUT2D eigenvalue weighted by molar-refractivity contribution is 0.122. The quantitative estimate of drug-likeness (QED) is 0.714. The normalized spacial score (nSPS) is 21.8. The molecule has 8 nitrogen and oxygen atoms in total. The van der Waals surface area contributed by atoms with Crippen molar-refractivity contribution in [2.45, 2.75) is 58.0 Å². The monoisotopic (exact) mass is 423 g/mol. The minimum Gasteiger partial charge on any atom is -0.378 e. The van der Waals surface area contributed by atoms with E-state index in [1.165, 1.54) is 32.1 Å². The minimum absolute atomic E-state index is 0.124. The molecule has 4 rings (SSSR count). The predicted molar refractivity (Wildman–Crippen MR) is 114 cm³/mol. The maximum absolute atomic E-state index is 12.5. The van der Waals surface area contributed by atoms with E-state index in [2.05, 4.69) is 16.8 Å². The summed E-state index contributed by atoms with van der Waals surface area (Å²) >= 11 is 0. The molecule has 3 heterocycles. The summed E-state index contributed by atoms with van der Waals surface area (Å²) in [4.78, 5) is 14.4.